The zero-order chi connectivity index (χ0) is 29.1. The highest BCUT2D eigenvalue weighted by molar-refractivity contribution is 5.93. The summed E-state index contributed by atoms with van der Waals surface area (Å²) in [6.45, 7) is 4.03. The first-order valence-electron chi connectivity index (χ1n) is 13.8. The van der Waals surface area contributed by atoms with Crippen LogP contribution in [0, 0.1) is 5.41 Å². The van der Waals surface area contributed by atoms with Crippen LogP contribution in [0.3, 0.4) is 0 Å². The lowest BCUT2D eigenvalue weighted by molar-refractivity contribution is -0.159. The molecule has 2 aromatic carbocycles. The van der Waals surface area contributed by atoms with Crippen LogP contribution in [-0.2, 0) is 27.2 Å². The second kappa shape index (κ2) is 12.8. The van der Waals surface area contributed by atoms with Crippen LogP contribution in [-0.4, -0.2) is 88.9 Å². The normalized spacial score (nSPS) is 18.1. The van der Waals surface area contributed by atoms with Gasteiger partial charge in [0.15, 0.2) is 0 Å². The van der Waals surface area contributed by atoms with Crippen molar-refractivity contribution >= 4 is 28.6 Å². The molecule has 6 N–H and O–H groups in total. The van der Waals surface area contributed by atoms with Crippen LogP contribution in [0.5, 0.6) is 0 Å². The largest absolute Gasteiger partial charge is 0.412 e. The van der Waals surface area contributed by atoms with Crippen molar-refractivity contribution in [2.45, 2.75) is 51.1 Å². The Morgan fingerprint density at radius 2 is 1.73 bits per heavy atom. The molecule has 4 rings (SSSR count). The van der Waals surface area contributed by atoms with Crippen molar-refractivity contribution in [3.05, 3.63) is 71.9 Å². The number of H-pyrrole nitrogens is 1. The van der Waals surface area contributed by atoms with Gasteiger partial charge in [0.1, 0.15) is 6.04 Å². The Balaban J connectivity index is 0.00000462. The highest BCUT2D eigenvalue weighted by atomic mass is 16.2. The van der Waals surface area contributed by atoms with Crippen molar-refractivity contribution in [2.75, 3.05) is 34.2 Å². The van der Waals surface area contributed by atoms with Crippen molar-refractivity contribution in [3.63, 3.8) is 0 Å². The number of hydrogen-bond donors (Lipinski definition) is 3. The summed E-state index contributed by atoms with van der Waals surface area (Å²) in [5, 5.41) is 7.32. The lowest BCUT2D eigenvalue weighted by Gasteiger charge is -2.45. The van der Waals surface area contributed by atoms with E-state index in [1.807, 2.05) is 74.9 Å². The third-order valence-electron chi connectivity index (χ3n) is 7.91. The minimum Gasteiger partial charge on any atom is -0.412 e. The van der Waals surface area contributed by atoms with E-state index in [4.69, 9.17) is 5.73 Å². The van der Waals surface area contributed by atoms with Crippen LogP contribution in [0.15, 0.2) is 60.8 Å². The number of benzene rings is 2. The minimum absolute atomic E-state index is 0. The summed E-state index contributed by atoms with van der Waals surface area (Å²) in [4.78, 5) is 46.2. The monoisotopic (exact) mass is 564 g/mol. The van der Waals surface area contributed by atoms with Gasteiger partial charge in [-0.1, -0.05) is 48.5 Å². The van der Waals surface area contributed by atoms with Gasteiger partial charge in [0.2, 0.25) is 17.7 Å². The molecule has 10 heteroatoms. The van der Waals surface area contributed by atoms with Gasteiger partial charge in [-0.25, -0.2) is 5.01 Å². The molecule has 222 valence electrons. The Hall–Kier alpha value is -3.73. The molecule has 0 spiro atoms. The van der Waals surface area contributed by atoms with Gasteiger partial charge in [-0.2, -0.15) is 0 Å². The van der Waals surface area contributed by atoms with E-state index >= 15 is 0 Å². The molecule has 3 amide bonds. The molecule has 10 nitrogen and oxygen atoms in total. The third kappa shape index (κ3) is 7.13. The second-order valence-corrected chi connectivity index (χ2v) is 11.8. The molecule has 3 aromatic rings. The smallest absolute Gasteiger partial charge is 0.245 e. The molecule has 41 heavy (non-hydrogen) atoms. The summed E-state index contributed by atoms with van der Waals surface area (Å²) < 4.78 is 0. The van der Waals surface area contributed by atoms with E-state index < -0.39 is 22.9 Å². The van der Waals surface area contributed by atoms with Gasteiger partial charge < -0.3 is 26.4 Å². The summed E-state index contributed by atoms with van der Waals surface area (Å²) >= 11 is 0. The maximum atomic E-state index is 14.2. The SMILES string of the molecule is CN(C)N(C)C(=O)[C@@]1(Cc2ccccc2)CCCN(C(=O)[C@@H](Cc2c[nH]c3ccccc23)NC(=O)C(C)(C)N)C1.O. The van der Waals surface area contributed by atoms with Gasteiger partial charge in [0.05, 0.1) is 11.0 Å². The summed E-state index contributed by atoms with van der Waals surface area (Å²) in [6.07, 6.45) is 4.05. The molecular weight excluding hydrogens is 520 g/mol. The predicted molar refractivity (Wildman–Crippen MR) is 161 cm³/mol. The van der Waals surface area contributed by atoms with Crippen LogP contribution < -0.4 is 11.1 Å². The van der Waals surface area contributed by atoms with Gasteiger partial charge in [-0.15, -0.1) is 0 Å². The lowest BCUT2D eigenvalue weighted by Crippen LogP contribution is -2.61. The fourth-order valence-corrected chi connectivity index (χ4v) is 5.51. The van der Waals surface area contributed by atoms with Gasteiger partial charge in [0, 0.05) is 57.8 Å². The Morgan fingerprint density at radius 1 is 1.07 bits per heavy atom. The Morgan fingerprint density at radius 3 is 2.39 bits per heavy atom. The van der Waals surface area contributed by atoms with E-state index in [1.165, 1.54) is 0 Å². The molecule has 1 aliphatic rings. The van der Waals surface area contributed by atoms with E-state index in [0.717, 1.165) is 22.0 Å². The molecule has 1 aliphatic heterocycles. The number of likely N-dealkylation sites (tertiary alicyclic amines) is 1. The van der Waals surface area contributed by atoms with Crippen molar-refractivity contribution in [1.82, 2.24) is 25.2 Å². The molecule has 1 saturated heterocycles. The number of carbonyl (C=O) groups is 3. The zero-order valence-corrected chi connectivity index (χ0v) is 24.7. The van der Waals surface area contributed by atoms with Crippen LogP contribution in [0.1, 0.15) is 37.8 Å². The number of amides is 3. The van der Waals surface area contributed by atoms with Crippen LogP contribution in [0.2, 0.25) is 0 Å². The predicted octanol–water partition coefficient (Wildman–Crippen LogP) is 1.89. The number of para-hydroxylation sites is 1. The first-order chi connectivity index (χ1) is 18.9. The van der Waals surface area contributed by atoms with Crippen LogP contribution >= 0.6 is 0 Å². The number of hydrazine groups is 1. The number of aromatic nitrogens is 1. The van der Waals surface area contributed by atoms with Crippen molar-refractivity contribution < 1.29 is 19.9 Å². The molecule has 0 aliphatic carbocycles. The van der Waals surface area contributed by atoms with Crippen LogP contribution in [0.25, 0.3) is 10.9 Å². The maximum Gasteiger partial charge on any atom is 0.245 e. The number of piperidine rings is 1. The average Bonchev–Trinajstić information content (AvgIpc) is 3.34. The molecule has 0 radical (unpaired) electrons. The number of nitrogens with zero attached hydrogens (tertiary/aromatic N) is 3. The fourth-order valence-electron chi connectivity index (χ4n) is 5.51. The topological polar surface area (TPSA) is 146 Å². The number of aromatic amines is 1. The fraction of sp³-hybridized carbons (Fsp3) is 0.452. The number of hydrogen-bond acceptors (Lipinski definition) is 5. The highest BCUT2D eigenvalue weighted by Crippen LogP contribution is 2.36. The second-order valence-electron chi connectivity index (χ2n) is 11.8. The molecule has 2 heterocycles. The van der Waals surface area contributed by atoms with Crippen molar-refractivity contribution in [2.24, 2.45) is 11.1 Å². The molecule has 2 atom stereocenters. The molecule has 0 bridgehead atoms. The number of carbonyl (C=O) groups excluding carboxylic acids is 3. The molecule has 0 unspecified atom stereocenters. The van der Waals surface area contributed by atoms with Crippen molar-refractivity contribution in [1.29, 1.82) is 0 Å². The molecular formula is C31H44N6O4. The first kappa shape index (κ1) is 31.8. The first-order valence-corrected chi connectivity index (χ1v) is 13.8. The number of nitrogens with two attached hydrogens (primary N) is 1. The summed E-state index contributed by atoms with van der Waals surface area (Å²) in [5.74, 6) is -0.638. The Kier molecular flexibility index (Phi) is 9.96. The van der Waals surface area contributed by atoms with E-state index in [1.54, 1.807) is 35.8 Å². The third-order valence-corrected chi connectivity index (χ3v) is 7.91. The minimum atomic E-state index is -1.15. The average molecular weight is 565 g/mol. The Labute approximate surface area is 242 Å². The maximum absolute atomic E-state index is 14.2. The molecule has 1 aromatic heterocycles. The standard InChI is InChI=1S/C31H42N6O3.H2O/c1-30(2,32)28(39)34-26(18-23-20-33-25-15-10-9-14-24(23)25)27(38)37-17-11-16-31(21-37,29(40)36(5)35(3)4)19-22-12-7-6-8-13-22;/h6-10,12-15,20,26,33H,11,16-19,21,32H2,1-5H3,(H,34,39);1H2/t26-,31-;/m1./s1. The number of rotatable bonds is 9. The molecule has 1 fully saturated rings. The summed E-state index contributed by atoms with van der Waals surface area (Å²) in [6, 6.07) is 17.0. The number of fused-ring (bicyclic) bond motifs is 1. The summed E-state index contributed by atoms with van der Waals surface area (Å²) in [5.41, 5.74) is 7.10. The zero-order valence-electron chi connectivity index (χ0n) is 24.7. The van der Waals surface area contributed by atoms with Crippen molar-refractivity contribution in [3.8, 4) is 0 Å². The molecule has 0 saturated carbocycles. The van der Waals surface area contributed by atoms with Crippen LogP contribution in [0.4, 0.5) is 0 Å². The van der Waals surface area contributed by atoms with Gasteiger partial charge in [-0.05, 0) is 50.3 Å². The van der Waals surface area contributed by atoms with E-state index in [9.17, 15) is 14.4 Å². The van der Waals surface area contributed by atoms with Gasteiger partial charge in [-0.3, -0.25) is 19.4 Å². The highest BCUT2D eigenvalue weighted by Gasteiger charge is 2.46. The quantitative estimate of drug-likeness (QED) is 0.340. The number of nitrogens with one attached hydrogen (secondary N) is 2. The van der Waals surface area contributed by atoms with E-state index in [2.05, 4.69) is 10.3 Å². The van der Waals surface area contributed by atoms with Gasteiger partial charge in [0.25, 0.3) is 0 Å². The summed E-state index contributed by atoms with van der Waals surface area (Å²) in [7, 11) is 5.43. The van der Waals surface area contributed by atoms with E-state index in [0.29, 0.717) is 32.2 Å². The Bertz CT molecular complexity index is 1350. The van der Waals surface area contributed by atoms with Gasteiger partial charge >= 0.3 is 0 Å². The van der Waals surface area contributed by atoms with E-state index in [-0.39, 0.29) is 23.8 Å². The lowest BCUT2D eigenvalue weighted by atomic mass is 9.74.